The van der Waals surface area contributed by atoms with Gasteiger partial charge in [-0.3, -0.25) is 4.79 Å². The smallest absolute Gasteiger partial charge is 0.310 e. The van der Waals surface area contributed by atoms with Crippen LogP contribution in [0, 0.1) is 5.92 Å². The molecule has 1 saturated heterocycles. The molecule has 0 amide bonds. The first-order chi connectivity index (χ1) is 12.6. The molecule has 2 aromatic rings. The molecular weight excluding hydrogens is 354 g/mol. The lowest BCUT2D eigenvalue weighted by Crippen LogP contribution is -2.40. The van der Waals surface area contributed by atoms with Crippen molar-refractivity contribution in [1.82, 2.24) is 9.97 Å². The number of carbonyl (C=O) groups is 1. The molecule has 1 aliphatic heterocycles. The third-order valence-electron chi connectivity index (χ3n) is 4.29. The van der Waals surface area contributed by atoms with Crippen molar-refractivity contribution in [2.24, 2.45) is 5.92 Å². The lowest BCUT2D eigenvalue weighted by molar-refractivity contribution is -0.148. The number of aromatic nitrogens is 2. The van der Waals surface area contributed by atoms with Crippen LogP contribution in [0.15, 0.2) is 30.6 Å². The predicted molar refractivity (Wildman–Crippen MR) is 103 cm³/mol. The van der Waals surface area contributed by atoms with Gasteiger partial charge < -0.3 is 20.7 Å². The monoisotopic (exact) mass is 375 g/mol. The van der Waals surface area contributed by atoms with Crippen molar-refractivity contribution >= 4 is 40.6 Å². The Morgan fingerprint density at radius 2 is 2.31 bits per heavy atom. The predicted octanol–water partition coefficient (Wildman–Crippen LogP) is 3.24. The number of rotatable bonds is 5. The summed E-state index contributed by atoms with van der Waals surface area (Å²) in [7, 11) is 0. The highest BCUT2D eigenvalue weighted by atomic mass is 35.5. The van der Waals surface area contributed by atoms with E-state index in [-0.39, 0.29) is 11.9 Å². The Balaban J connectivity index is 1.79. The van der Waals surface area contributed by atoms with Crippen molar-refractivity contribution in [3.8, 4) is 0 Å². The van der Waals surface area contributed by atoms with Gasteiger partial charge in [0.1, 0.15) is 12.0 Å². The fourth-order valence-electron chi connectivity index (χ4n) is 3.06. The second kappa shape index (κ2) is 8.23. The van der Waals surface area contributed by atoms with E-state index in [1.165, 1.54) is 6.33 Å². The number of hydrogen-bond donors (Lipinski definition) is 2. The number of hydrogen-bond acceptors (Lipinski definition) is 7. The number of piperidine rings is 1. The summed E-state index contributed by atoms with van der Waals surface area (Å²) in [4.78, 5) is 22.6. The number of nitrogens with two attached hydrogens (primary N) is 1. The van der Waals surface area contributed by atoms with Crippen molar-refractivity contribution in [3.63, 3.8) is 0 Å². The minimum absolute atomic E-state index is 0.164. The van der Waals surface area contributed by atoms with Crippen LogP contribution in [0.2, 0.25) is 5.02 Å². The summed E-state index contributed by atoms with van der Waals surface area (Å²) in [5, 5.41) is 3.79. The Bertz CT molecular complexity index is 786. The Labute approximate surface area is 157 Å². The summed E-state index contributed by atoms with van der Waals surface area (Å²) in [5.41, 5.74) is 7.53. The summed E-state index contributed by atoms with van der Waals surface area (Å²) in [5.74, 6) is 0.804. The molecule has 1 atom stereocenters. The zero-order valence-electron chi connectivity index (χ0n) is 14.6. The number of nitrogens with one attached hydrogen (secondary N) is 1. The second-order valence-electron chi connectivity index (χ2n) is 6.13. The molecule has 1 fully saturated rings. The molecule has 0 saturated carbocycles. The highest BCUT2D eigenvalue weighted by molar-refractivity contribution is 6.30. The molecule has 0 radical (unpaired) electrons. The second-order valence-corrected chi connectivity index (χ2v) is 6.57. The van der Waals surface area contributed by atoms with E-state index in [1.54, 1.807) is 12.1 Å². The van der Waals surface area contributed by atoms with Gasteiger partial charge in [0, 0.05) is 23.8 Å². The van der Waals surface area contributed by atoms with Gasteiger partial charge in [-0.2, -0.15) is 0 Å². The van der Waals surface area contributed by atoms with Crippen LogP contribution in [0.1, 0.15) is 19.8 Å². The normalized spacial score (nSPS) is 17.0. The van der Waals surface area contributed by atoms with Gasteiger partial charge in [0.15, 0.2) is 11.6 Å². The van der Waals surface area contributed by atoms with Crippen LogP contribution >= 0.6 is 11.6 Å². The molecule has 26 heavy (non-hydrogen) atoms. The van der Waals surface area contributed by atoms with Crippen LogP contribution in [0.4, 0.5) is 23.0 Å². The number of nitrogen functional groups attached to an aromatic ring is 1. The molecule has 1 unspecified atom stereocenters. The molecule has 3 rings (SSSR count). The molecule has 8 heteroatoms. The molecule has 1 aliphatic rings. The number of anilines is 4. The maximum atomic E-state index is 12.1. The van der Waals surface area contributed by atoms with Crippen LogP contribution < -0.4 is 16.0 Å². The first-order valence-electron chi connectivity index (χ1n) is 8.63. The fourth-order valence-corrected chi connectivity index (χ4v) is 3.25. The number of halogens is 1. The Morgan fingerprint density at radius 3 is 3.08 bits per heavy atom. The Kier molecular flexibility index (Phi) is 5.78. The third-order valence-corrected chi connectivity index (χ3v) is 4.53. The average Bonchev–Trinajstić information content (AvgIpc) is 2.64. The van der Waals surface area contributed by atoms with Crippen molar-refractivity contribution in [2.75, 3.05) is 35.6 Å². The largest absolute Gasteiger partial charge is 0.466 e. The summed E-state index contributed by atoms with van der Waals surface area (Å²) < 4.78 is 5.16. The quantitative estimate of drug-likeness (QED) is 0.775. The molecule has 0 aliphatic carbocycles. The SMILES string of the molecule is CCOC(=O)C1CCCN(c2ncnc(Nc3cccc(Cl)c3)c2N)C1. The van der Waals surface area contributed by atoms with E-state index < -0.39 is 0 Å². The van der Waals surface area contributed by atoms with Crippen LogP contribution in [-0.4, -0.2) is 35.6 Å². The van der Waals surface area contributed by atoms with Gasteiger partial charge in [-0.05, 0) is 38.0 Å². The van der Waals surface area contributed by atoms with Crippen LogP contribution in [0.25, 0.3) is 0 Å². The molecule has 7 nitrogen and oxygen atoms in total. The average molecular weight is 376 g/mol. The van der Waals surface area contributed by atoms with E-state index in [1.807, 2.05) is 24.0 Å². The minimum Gasteiger partial charge on any atom is -0.466 e. The molecule has 138 valence electrons. The molecule has 3 N–H and O–H groups in total. The van der Waals surface area contributed by atoms with Gasteiger partial charge in [0.2, 0.25) is 0 Å². The lowest BCUT2D eigenvalue weighted by atomic mass is 9.98. The van der Waals surface area contributed by atoms with E-state index in [4.69, 9.17) is 22.1 Å². The van der Waals surface area contributed by atoms with Gasteiger partial charge in [0.25, 0.3) is 0 Å². The Hall–Kier alpha value is -2.54. The van der Waals surface area contributed by atoms with Crippen LogP contribution in [0.5, 0.6) is 0 Å². The fraction of sp³-hybridized carbons (Fsp3) is 0.389. The maximum absolute atomic E-state index is 12.1. The standard InChI is InChI=1S/C18H22ClN5O2/c1-2-26-18(25)12-5-4-8-24(10-12)17-15(20)16(21-11-22-17)23-14-7-3-6-13(19)9-14/h3,6-7,9,11-12H,2,4-5,8,10,20H2,1H3,(H,21,22,23). The highest BCUT2D eigenvalue weighted by Gasteiger charge is 2.29. The van der Waals surface area contributed by atoms with Gasteiger partial charge in [-0.25, -0.2) is 9.97 Å². The summed E-state index contributed by atoms with van der Waals surface area (Å²) in [6.07, 6.45) is 3.16. The molecule has 1 aromatic heterocycles. The van der Waals surface area contributed by atoms with Crippen molar-refractivity contribution in [2.45, 2.75) is 19.8 Å². The molecule has 0 bridgehead atoms. The van der Waals surface area contributed by atoms with E-state index in [2.05, 4.69) is 15.3 Å². The number of esters is 1. The van der Waals surface area contributed by atoms with E-state index >= 15 is 0 Å². The molecular formula is C18H22ClN5O2. The molecule has 2 heterocycles. The summed E-state index contributed by atoms with van der Waals surface area (Å²) in [6, 6.07) is 7.31. The topological polar surface area (TPSA) is 93.4 Å². The number of benzene rings is 1. The minimum atomic E-state index is -0.165. The van der Waals surface area contributed by atoms with Gasteiger partial charge >= 0.3 is 5.97 Å². The zero-order valence-corrected chi connectivity index (χ0v) is 15.4. The number of ether oxygens (including phenoxy) is 1. The van der Waals surface area contributed by atoms with E-state index in [0.717, 1.165) is 25.1 Å². The molecule has 0 spiro atoms. The first kappa shape index (κ1) is 18.3. The van der Waals surface area contributed by atoms with Gasteiger partial charge in [-0.1, -0.05) is 17.7 Å². The van der Waals surface area contributed by atoms with Gasteiger partial charge in [-0.15, -0.1) is 0 Å². The number of nitrogens with zero attached hydrogens (tertiary/aromatic N) is 3. The Morgan fingerprint density at radius 1 is 1.46 bits per heavy atom. The summed E-state index contributed by atoms with van der Waals surface area (Å²) in [6.45, 7) is 3.53. The number of carbonyl (C=O) groups excluding carboxylic acids is 1. The third kappa shape index (κ3) is 4.16. The van der Waals surface area contributed by atoms with Crippen LogP contribution in [0.3, 0.4) is 0 Å². The first-order valence-corrected chi connectivity index (χ1v) is 9.01. The van der Waals surface area contributed by atoms with Crippen molar-refractivity contribution in [1.29, 1.82) is 0 Å². The van der Waals surface area contributed by atoms with E-state index in [9.17, 15) is 4.79 Å². The maximum Gasteiger partial charge on any atom is 0.310 e. The zero-order chi connectivity index (χ0) is 18.5. The van der Waals surface area contributed by atoms with Crippen molar-refractivity contribution < 1.29 is 9.53 Å². The lowest BCUT2D eigenvalue weighted by Gasteiger charge is -2.33. The van der Waals surface area contributed by atoms with Crippen molar-refractivity contribution in [3.05, 3.63) is 35.6 Å². The highest BCUT2D eigenvalue weighted by Crippen LogP contribution is 2.32. The van der Waals surface area contributed by atoms with Crippen LogP contribution in [-0.2, 0) is 9.53 Å². The van der Waals surface area contributed by atoms with E-state index in [0.29, 0.717) is 35.5 Å². The summed E-state index contributed by atoms with van der Waals surface area (Å²) >= 11 is 6.02. The van der Waals surface area contributed by atoms with Gasteiger partial charge in [0.05, 0.1) is 12.5 Å². The molecule has 1 aromatic carbocycles.